The minimum atomic E-state index is -4.50. The van der Waals surface area contributed by atoms with E-state index in [0.29, 0.717) is 17.7 Å². The van der Waals surface area contributed by atoms with E-state index < -0.39 is 34.8 Å². The Kier molecular flexibility index (Phi) is 8.19. The predicted octanol–water partition coefficient (Wildman–Crippen LogP) is 6.02. The second-order valence-corrected chi connectivity index (χ2v) is 10.1. The van der Waals surface area contributed by atoms with Gasteiger partial charge in [-0.15, -0.1) is 16.9 Å². The zero-order valence-electron chi connectivity index (χ0n) is 21.3. The van der Waals surface area contributed by atoms with Crippen LogP contribution in [0.3, 0.4) is 0 Å². The van der Waals surface area contributed by atoms with Crippen LogP contribution in [0.4, 0.5) is 13.2 Å². The topological polar surface area (TPSA) is 86.4 Å². The van der Waals surface area contributed by atoms with Gasteiger partial charge in [-0.3, -0.25) is 9.36 Å². The second-order valence-electron chi connectivity index (χ2n) is 8.85. The maximum atomic E-state index is 13.1. The van der Waals surface area contributed by atoms with Crippen LogP contribution in [0.15, 0.2) is 82.5 Å². The Morgan fingerprint density at radius 2 is 1.74 bits per heavy atom. The summed E-state index contributed by atoms with van der Waals surface area (Å²) < 4.78 is 47.7. The van der Waals surface area contributed by atoms with Gasteiger partial charge in [-0.1, -0.05) is 37.3 Å². The van der Waals surface area contributed by atoms with Gasteiger partial charge >= 0.3 is 17.8 Å². The molecule has 0 amide bonds. The van der Waals surface area contributed by atoms with Crippen molar-refractivity contribution in [2.75, 3.05) is 0 Å². The van der Waals surface area contributed by atoms with Crippen molar-refractivity contribution < 1.29 is 27.8 Å². The Hall–Kier alpha value is -3.99. The number of carbonyl (C=O) groups is 1. The van der Waals surface area contributed by atoms with Crippen molar-refractivity contribution in [3.8, 4) is 11.4 Å². The summed E-state index contributed by atoms with van der Waals surface area (Å²) >= 11 is 1.26. The van der Waals surface area contributed by atoms with Gasteiger partial charge in [-0.05, 0) is 61.4 Å². The summed E-state index contributed by atoms with van der Waals surface area (Å²) in [7, 11) is 1.52. The number of ether oxygens (including phenoxy) is 1. The molecule has 0 fully saturated rings. The molecular formula is C28H26F3N3O4S. The summed E-state index contributed by atoms with van der Waals surface area (Å²) in [5, 5.41) is 13.3. The fourth-order valence-electron chi connectivity index (χ4n) is 3.96. The van der Waals surface area contributed by atoms with Crippen LogP contribution in [0.1, 0.15) is 42.0 Å². The van der Waals surface area contributed by atoms with Crippen LogP contribution in [0.25, 0.3) is 5.69 Å². The van der Waals surface area contributed by atoms with Gasteiger partial charge in [-0.2, -0.15) is 17.9 Å². The van der Waals surface area contributed by atoms with E-state index in [0.717, 1.165) is 27.3 Å². The number of alkyl halides is 3. The minimum Gasteiger partial charge on any atom is -0.480 e. The highest BCUT2D eigenvalue weighted by atomic mass is 32.2. The van der Waals surface area contributed by atoms with Gasteiger partial charge in [0.1, 0.15) is 11.0 Å². The Morgan fingerprint density at radius 1 is 1.08 bits per heavy atom. The number of carboxylic acid groups (broad SMARTS) is 1. The highest BCUT2D eigenvalue weighted by molar-refractivity contribution is 8.00. The largest absolute Gasteiger partial charge is 0.480 e. The molecule has 7 nitrogen and oxygen atoms in total. The summed E-state index contributed by atoms with van der Waals surface area (Å²) in [5.74, 6) is -0.152. The van der Waals surface area contributed by atoms with E-state index >= 15 is 0 Å². The zero-order chi connectivity index (χ0) is 28.3. The van der Waals surface area contributed by atoms with Crippen molar-refractivity contribution in [3.05, 3.63) is 106 Å². The van der Waals surface area contributed by atoms with Gasteiger partial charge < -0.3 is 9.84 Å². The Bertz CT molecular complexity index is 1520. The van der Waals surface area contributed by atoms with Crippen molar-refractivity contribution in [3.63, 3.8) is 0 Å². The SMILES string of the molecule is CCC(Sc1ccc(OC(c2ccccc2)c2nn(-c3ccc(C(F)(F)F)cc3)c(=O)n2C)cc1C)C(=O)O. The van der Waals surface area contributed by atoms with Crippen LogP contribution in [0.5, 0.6) is 5.75 Å². The van der Waals surface area contributed by atoms with Crippen LogP contribution in [0.2, 0.25) is 0 Å². The first kappa shape index (κ1) is 28.0. The summed E-state index contributed by atoms with van der Waals surface area (Å²) in [6.45, 7) is 3.67. The number of hydrogen-bond acceptors (Lipinski definition) is 5. The number of carboxylic acids is 1. The average molecular weight is 558 g/mol. The zero-order valence-corrected chi connectivity index (χ0v) is 22.2. The number of thioether (sulfide) groups is 1. The highest BCUT2D eigenvalue weighted by Crippen LogP contribution is 2.34. The fraction of sp³-hybridized carbons (Fsp3) is 0.250. The number of rotatable bonds is 9. The number of halogens is 3. The lowest BCUT2D eigenvalue weighted by molar-refractivity contribution is -0.138. The normalized spacial score (nSPS) is 13.2. The molecule has 39 heavy (non-hydrogen) atoms. The van der Waals surface area contributed by atoms with Crippen molar-refractivity contribution >= 4 is 17.7 Å². The van der Waals surface area contributed by atoms with Crippen molar-refractivity contribution in [1.29, 1.82) is 0 Å². The van der Waals surface area contributed by atoms with Crippen LogP contribution < -0.4 is 10.4 Å². The summed E-state index contributed by atoms with van der Waals surface area (Å²) in [4.78, 5) is 25.4. The molecular weight excluding hydrogens is 531 g/mol. The molecule has 204 valence electrons. The third-order valence-electron chi connectivity index (χ3n) is 6.11. The average Bonchev–Trinajstić information content (AvgIpc) is 3.20. The molecule has 0 radical (unpaired) electrons. The first-order chi connectivity index (χ1) is 18.5. The molecule has 2 atom stereocenters. The van der Waals surface area contributed by atoms with Crippen LogP contribution in [-0.4, -0.2) is 30.7 Å². The van der Waals surface area contributed by atoms with Gasteiger partial charge in [0.2, 0.25) is 0 Å². The molecule has 1 aromatic heterocycles. The van der Waals surface area contributed by atoms with Crippen LogP contribution in [0, 0.1) is 6.92 Å². The van der Waals surface area contributed by atoms with Gasteiger partial charge in [0.05, 0.1) is 11.3 Å². The smallest absolute Gasteiger partial charge is 0.416 e. The van der Waals surface area contributed by atoms with E-state index in [2.05, 4.69) is 5.10 Å². The third-order valence-corrected chi connectivity index (χ3v) is 7.64. The molecule has 0 saturated carbocycles. The van der Waals surface area contributed by atoms with Crippen LogP contribution in [-0.2, 0) is 18.0 Å². The lowest BCUT2D eigenvalue weighted by Gasteiger charge is -2.20. The summed E-state index contributed by atoms with van der Waals surface area (Å²) in [5.41, 5.74) is 0.345. The monoisotopic (exact) mass is 557 g/mol. The molecule has 4 aromatic rings. The van der Waals surface area contributed by atoms with E-state index in [-0.39, 0.29) is 11.5 Å². The fourth-order valence-corrected chi connectivity index (χ4v) is 4.93. The molecule has 3 aromatic carbocycles. The molecule has 0 aliphatic carbocycles. The molecule has 0 spiro atoms. The first-order valence-corrected chi connectivity index (χ1v) is 12.9. The molecule has 0 aliphatic heterocycles. The molecule has 0 bridgehead atoms. The van der Waals surface area contributed by atoms with Gasteiger partial charge in [0.15, 0.2) is 11.9 Å². The highest BCUT2D eigenvalue weighted by Gasteiger charge is 2.30. The number of hydrogen-bond donors (Lipinski definition) is 1. The summed E-state index contributed by atoms with van der Waals surface area (Å²) in [6.07, 6.45) is -4.84. The maximum absolute atomic E-state index is 13.1. The number of aryl methyl sites for hydroxylation is 1. The predicted molar refractivity (Wildman–Crippen MR) is 141 cm³/mol. The lowest BCUT2D eigenvalue weighted by atomic mass is 10.1. The lowest BCUT2D eigenvalue weighted by Crippen LogP contribution is -2.23. The first-order valence-electron chi connectivity index (χ1n) is 12.0. The molecule has 0 saturated heterocycles. The standard InChI is InChI=1S/C28H26F3N3O4S/c1-4-22(26(35)36)39-23-15-14-21(16-17(23)2)38-24(18-8-6-5-7-9-18)25-32-34(27(37)33(25)3)20-12-10-19(11-13-20)28(29,30)31/h5-16,22,24H,4H2,1-3H3,(H,35,36). The molecule has 11 heteroatoms. The number of aromatic nitrogens is 3. The van der Waals surface area contributed by atoms with Crippen LogP contribution >= 0.6 is 11.8 Å². The van der Waals surface area contributed by atoms with Gasteiger partial charge in [0.25, 0.3) is 0 Å². The molecule has 1 N–H and O–H groups in total. The quantitative estimate of drug-likeness (QED) is 0.253. The van der Waals surface area contributed by atoms with E-state index in [1.807, 2.05) is 44.2 Å². The van der Waals surface area contributed by atoms with Gasteiger partial charge in [-0.25, -0.2) is 4.79 Å². The van der Waals surface area contributed by atoms with E-state index in [4.69, 9.17) is 4.74 Å². The second kappa shape index (κ2) is 11.4. The third kappa shape index (κ3) is 6.19. The molecule has 0 aliphatic rings. The van der Waals surface area contributed by atoms with Crippen molar-refractivity contribution in [2.24, 2.45) is 7.05 Å². The Labute approximate surface area is 226 Å². The molecule has 1 heterocycles. The molecule has 2 unspecified atom stereocenters. The van der Waals surface area contributed by atoms with Crippen molar-refractivity contribution in [1.82, 2.24) is 14.3 Å². The van der Waals surface area contributed by atoms with E-state index in [1.54, 1.807) is 18.2 Å². The molecule has 4 rings (SSSR count). The number of benzene rings is 3. The number of nitrogens with zero attached hydrogens (tertiary/aromatic N) is 3. The summed E-state index contributed by atoms with van der Waals surface area (Å²) in [6, 6.07) is 18.6. The minimum absolute atomic E-state index is 0.183. The van der Waals surface area contributed by atoms with Crippen molar-refractivity contribution in [2.45, 2.75) is 42.7 Å². The Balaban J connectivity index is 1.70. The number of aliphatic carboxylic acids is 1. The Morgan fingerprint density at radius 3 is 2.31 bits per heavy atom. The van der Waals surface area contributed by atoms with E-state index in [9.17, 15) is 27.9 Å². The maximum Gasteiger partial charge on any atom is 0.416 e. The van der Waals surface area contributed by atoms with Gasteiger partial charge in [0, 0.05) is 17.5 Å². The van der Waals surface area contributed by atoms with E-state index in [1.165, 1.54) is 35.5 Å².